The summed E-state index contributed by atoms with van der Waals surface area (Å²) in [6, 6.07) is 13.2. The zero-order valence-electron chi connectivity index (χ0n) is 18.6. The van der Waals surface area contributed by atoms with Gasteiger partial charge in [-0.1, -0.05) is 26.0 Å². The van der Waals surface area contributed by atoms with Crippen LogP contribution in [-0.4, -0.2) is 36.0 Å². The van der Waals surface area contributed by atoms with Crippen LogP contribution in [-0.2, 0) is 11.2 Å². The third-order valence-electron chi connectivity index (χ3n) is 5.69. The molecule has 0 radical (unpaired) electrons. The molecule has 2 heterocycles. The van der Waals surface area contributed by atoms with E-state index < -0.39 is 12.7 Å². The number of benzene rings is 2. The molecule has 2 N–H and O–H groups in total. The maximum atomic E-state index is 13.0. The summed E-state index contributed by atoms with van der Waals surface area (Å²) < 4.78 is 29.1. The molecule has 0 saturated carbocycles. The predicted octanol–water partition coefficient (Wildman–Crippen LogP) is 4.89. The zero-order valence-corrected chi connectivity index (χ0v) is 18.6. The Hall–Kier alpha value is -3.42. The number of halogens is 2. The van der Waals surface area contributed by atoms with Crippen LogP contribution in [0.4, 0.5) is 14.5 Å². The minimum absolute atomic E-state index is 0.0263. The third-order valence-corrected chi connectivity index (χ3v) is 5.69. The Morgan fingerprint density at radius 2 is 1.94 bits per heavy atom. The average Bonchev–Trinajstić information content (AvgIpc) is 3.19. The highest BCUT2D eigenvalue weighted by atomic mass is 19.3. The summed E-state index contributed by atoms with van der Waals surface area (Å²) in [6.07, 6.45) is 2.20. The topological polar surface area (TPSA) is 74.4 Å². The summed E-state index contributed by atoms with van der Waals surface area (Å²) >= 11 is 0. The number of piperidine rings is 1. The quantitative estimate of drug-likeness (QED) is 0.533. The predicted molar refractivity (Wildman–Crippen MR) is 123 cm³/mol. The van der Waals surface area contributed by atoms with Gasteiger partial charge in [-0.25, -0.2) is 0 Å². The first kappa shape index (κ1) is 22.8. The SMILES string of the molecule is CC(C)Cc1ccc2cc(C(=O)NC3CCCN(c4ccc(OC(F)F)cc4)C3=O)[nH]c2c1. The minimum atomic E-state index is -2.90. The Kier molecular flexibility index (Phi) is 6.62. The first-order chi connectivity index (χ1) is 15.8. The molecule has 1 aliphatic heterocycles. The molecule has 3 aromatic rings. The summed E-state index contributed by atoms with van der Waals surface area (Å²) in [5.41, 5.74) is 3.07. The van der Waals surface area contributed by atoms with E-state index in [4.69, 9.17) is 0 Å². The van der Waals surface area contributed by atoms with Gasteiger partial charge in [0.1, 0.15) is 17.5 Å². The number of aromatic nitrogens is 1. The molecule has 1 aromatic heterocycles. The number of rotatable bonds is 7. The van der Waals surface area contributed by atoms with E-state index in [0.717, 1.165) is 17.3 Å². The number of ether oxygens (including phenoxy) is 1. The van der Waals surface area contributed by atoms with Crippen molar-refractivity contribution in [3.63, 3.8) is 0 Å². The van der Waals surface area contributed by atoms with Crippen LogP contribution < -0.4 is 15.0 Å². The van der Waals surface area contributed by atoms with Gasteiger partial charge >= 0.3 is 6.61 Å². The lowest BCUT2D eigenvalue weighted by Gasteiger charge is -2.32. The number of fused-ring (bicyclic) bond motifs is 1. The van der Waals surface area contributed by atoms with Crippen molar-refractivity contribution in [1.82, 2.24) is 10.3 Å². The molecule has 8 heteroatoms. The number of amides is 2. The Morgan fingerprint density at radius 3 is 2.64 bits per heavy atom. The van der Waals surface area contributed by atoms with E-state index in [2.05, 4.69) is 41.0 Å². The summed E-state index contributed by atoms with van der Waals surface area (Å²) in [5.74, 6) is -0.00292. The van der Waals surface area contributed by atoms with Crippen LogP contribution in [0, 0.1) is 5.92 Å². The third kappa shape index (κ3) is 5.32. The highest BCUT2D eigenvalue weighted by Gasteiger charge is 2.31. The summed E-state index contributed by atoms with van der Waals surface area (Å²) in [7, 11) is 0. The van der Waals surface area contributed by atoms with E-state index >= 15 is 0 Å². The van der Waals surface area contributed by atoms with Crippen molar-refractivity contribution in [2.45, 2.75) is 45.8 Å². The van der Waals surface area contributed by atoms with Crippen molar-refractivity contribution >= 4 is 28.4 Å². The lowest BCUT2D eigenvalue weighted by atomic mass is 10.0. The second-order valence-electron chi connectivity index (χ2n) is 8.73. The molecule has 1 unspecified atom stereocenters. The molecule has 0 bridgehead atoms. The molecule has 0 aliphatic carbocycles. The first-order valence-electron chi connectivity index (χ1n) is 11.1. The number of anilines is 1. The zero-order chi connectivity index (χ0) is 23.5. The molecule has 2 aromatic carbocycles. The molecule has 1 fully saturated rings. The molecule has 0 spiro atoms. The van der Waals surface area contributed by atoms with Crippen LogP contribution in [0.2, 0.25) is 0 Å². The largest absolute Gasteiger partial charge is 0.435 e. The smallest absolute Gasteiger partial charge is 0.387 e. The van der Waals surface area contributed by atoms with Crippen molar-refractivity contribution in [2.24, 2.45) is 5.92 Å². The highest BCUT2D eigenvalue weighted by Crippen LogP contribution is 2.25. The Balaban J connectivity index is 1.45. The van der Waals surface area contributed by atoms with Crippen LogP contribution in [0.3, 0.4) is 0 Å². The number of nitrogens with one attached hydrogen (secondary N) is 2. The fraction of sp³-hybridized carbons (Fsp3) is 0.360. The molecular weight excluding hydrogens is 428 g/mol. The molecular formula is C25H27F2N3O3. The van der Waals surface area contributed by atoms with Gasteiger partial charge in [0.2, 0.25) is 5.91 Å². The van der Waals surface area contributed by atoms with Crippen LogP contribution in [0.5, 0.6) is 5.75 Å². The van der Waals surface area contributed by atoms with Crippen molar-refractivity contribution < 1.29 is 23.1 Å². The number of hydrogen-bond acceptors (Lipinski definition) is 3. The Labute approximate surface area is 190 Å². The van der Waals surface area contributed by atoms with Gasteiger partial charge in [0, 0.05) is 23.1 Å². The molecule has 33 heavy (non-hydrogen) atoms. The van der Waals surface area contributed by atoms with Crippen molar-refractivity contribution in [3.05, 3.63) is 59.8 Å². The van der Waals surface area contributed by atoms with Gasteiger partial charge in [-0.2, -0.15) is 8.78 Å². The van der Waals surface area contributed by atoms with Crippen molar-refractivity contribution in [1.29, 1.82) is 0 Å². The Morgan fingerprint density at radius 1 is 1.18 bits per heavy atom. The monoisotopic (exact) mass is 455 g/mol. The normalized spacial score (nSPS) is 16.6. The maximum Gasteiger partial charge on any atom is 0.387 e. The number of hydrogen-bond donors (Lipinski definition) is 2. The number of carbonyl (C=O) groups excluding carboxylic acids is 2. The molecule has 4 rings (SSSR count). The number of nitrogens with zero attached hydrogens (tertiary/aromatic N) is 1. The standard InChI is InChI=1S/C25H27F2N3O3/c1-15(2)12-16-5-6-17-14-22(28-21(17)13-16)23(31)29-20-4-3-11-30(24(20)32)18-7-9-19(10-8-18)33-25(26)27/h5-10,13-15,20,25,28H,3-4,11-12H2,1-2H3,(H,29,31). The lowest BCUT2D eigenvalue weighted by molar-refractivity contribution is -0.121. The molecule has 174 valence electrons. The van der Waals surface area contributed by atoms with Gasteiger partial charge in [-0.15, -0.1) is 0 Å². The minimum Gasteiger partial charge on any atom is -0.435 e. The van der Waals surface area contributed by atoms with Gasteiger partial charge in [-0.05, 0) is 67.1 Å². The summed E-state index contributed by atoms with van der Waals surface area (Å²) in [6.45, 7) is 1.91. The van der Waals surface area contributed by atoms with Crippen LogP contribution >= 0.6 is 0 Å². The first-order valence-corrected chi connectivity index (χ1v) is 11.1. The van der Waals surface area contributed by atoms with Crippen LogP contribution in [0.1, 0.15) is 42.7 Å². The maximum absolute atomic E-state index is 13.0. The summed E-state index contributed by atoms with van der Waals surface area (Å²) in [5, 5.41) is 3.78. The highest BCUT2D eigenvalue weighted by molar-refractivity contribution is 6.04. The molecule has 1 saturated heterocycles. The summed E-state index contributed by atoms with van der Waals surface area (Å²) in [4.78, 5) is 30.6. The van der Waals surface area contributed by atoms with Crippen molar-refractivity contribution in [3.8, 4) is 5.75 Å². The van der Waals surface area contributed by atoms with E-state index in [1.165, 1.54) is 17.7 Å². The van der Waals surface area contributed by atoms with E-state index in [1.54, 1.807) is 23.1 Å². The fourth-order valence-corrected chi connectivity index (χ4v) is 4.20. The molecule has 1 atom stereocenters. The molecule has 2 amide bonds. The van der Waals surface area contributed by atoms with E-state index in [9.17, 15) is 18.4 Å². The van der Waals surface area contributed by atoms with Crippen LogP contribution in [0.15, 0.2) is 48.5 Å². The fourth-order valence-electron chi connectivity index (χ4n) is 4.20. The second kappa shape index (κ2) is 9.60. The van der Waals surface area contributed by atoms with Gasteiger partial charge in [-0.3, -0.25) is 9.59 Å². The van der Waals surface area contributed by atoms with Crippen LogP contribution in [0.25, 0.3) is 10.9 Å². The number of aromatic amines is 1. The van der Waals surface area contributed by atoms with Gasteiger partial charge in [0.25, 0.3) is 5.91 Å². The van der Waals surface area contributed by atoms with E-state index in [0.29, 0.717) is 36.7 Å². The lowest BCUT2D eigenvalue weighted by Crippen LogP contribution is -2.52. The second-order valence-corrected chi connectivity index (χ2v) is 8.73. The van der Waals surface area contributed by atoms with Gasteiger partial charge < -0.3 is 19.9 Å². The van der Waals surface area contributed by atoms with Gasteiger partial charge in [0.05, 0.1) is 0 Å². The number of alkyl halides is 2. The number of H-pyrrole nitrogens is 1. The van der Waals surface area contributed by atoms with Crippen molar-refractivity contribution in [2.75, 3.05) is 11.4 Å². The Bertz CT molecular complexity index is 1140. The molecule has 1 aliphatic rings. The number of carbonyl (C=O) groups is 2. The van der Waals surface area contributed by atoms with E-state index in [-0.39, 0.29) is 17.6 Å². The van der Waals surface area contributed by atoms with Gasteiger partial charge in [0.15, 0.2) is 0 Å². The molecule has 6 nitrogen and oxygen atoms in total. The van der Waals surface area contributed by atoms with E-state index in [1.807, 2.05) is 6.07 Å². The average molecular weight is 456 g/mol.